The van der Waals surface area contributed by atoms with Gasteiger partial charge in [-0.1, -0.05) is 89.1 Å². The number of rotatable bonds is 17. The van der Waals surface area contributed by atoms with Crippen molar-refractivity contribution in [3.8, 4) is 11.5 Å². The molecule has 0 aliphatic heterocycles. The molecule has 7 heteroatoms. The Bertz CT molecular complexity index is 1260. The number of carbonyl (C=O) groups excluding carboxylic acids is 1. The van der Waals surface area contributed by atoms with Gasteiger partial charge >= 0.3 is 0 Å². The molecule has 0 bridgehead atoms. The molecule has 2 N–H and O–H groups in total. The highest BCUT2D eigenvalue weighted by Crippen LogP contribution is 2.26. The van der Waals surface area contributed by atoms with Gasteiger partial charge in [0.05, 0.1) is 15.8 Å². The molecule has 0 saturated heterocycles. The molecule has 0 spiro atoms. The lowest BCUT2D eigenvalue weighted by atomic mass is 10.0. The van der Waals surface area contributed by atoms with Crippen molar-refractivity contribution in [1.29, 1.82) is 0 Å². The largest absolute Gasteiger partial charge is 0.508 e. The standard InChI is InChI=1S/C33H43NO5S/c1-3-5-6-7-8-9-10-14-17-32(33(36)34-31(4-2)26-15-12-11-13-16-26)39-28-20-24-30(25-21-28)40(37,38)29-22-18-27(35)19-23-29/h11-13,15-16,18-25,31-32,35H,3-10,14,17H2,1-2H3,(H,34,36). The molecule has 2 atom stereocenters. The lowest BCUT2D eigenvalue weighted by molar-refractivity contribution is -0.129. The second kappa shape index (κ2) is 16.1. The first-order valence-corrected chi connectivity index (χ1v) is 16.0. The Labute approximate surface area is 239 Å². The van der Waals surface area contributed by atoms with E-state index in [0.717, 1.165) is 31.2 Å². The van der Waals surface area contributed by atoms with Gasteiger partial charge in [0.1, 0.15) is 11.5 Å². The van der Waals surface area contributed by atoms with Crippen molar-refractivity contribution in [3.63, 3.8) is 0 Å². The van der Waals surface area contributed by atoms with E-state index in [0.29, 0.717) is 12.2 Å². The highest BCUT2D eigenvalue weighted by Gasteiger charge is 2.24. The summed E-state index contributed by atoms with van der Waals surface area (Å²) in [5.41, 5.74) is 1.05. The van der Waals surface area contributed by atoms with E-state index in [4.69, 9.17) is 4.74 Å². The summed E-state index contributed by atoms with van der Waals surface area (Å²) >= 11 is 0. The molecule has 0 aliphatic carbocycles. The number of benzene rings is 3. The molecule has 0 aliphatic rings. The third-order valence-corrected chi connectivity index (χ3v) is 8.88. The minimum absolute atomic E-state index is 0.00101. The van der Waals surface area contributed by atoms with Gasteiger partial charge in [-0.2, -0.15) is 0 Å². The third-order valence-electron chi connectivity index (χ3n) is 7.10. The molecule has 0 radical (unpaired) electrons. The van der Waals surface area contributed by atoms with Gasteiger partial charge < -0.3 is 15.2 Å². The number of hydrogen-bond donors (Lipinski definition) is 2. The molecule has 3 aromatic rings. The van der Waals surface area contributed by atoms with Gasteiger partial charge in [-0.25, -0.2) is 8.42 Å². The lowest BCUT2D eigenvalue weighted by Crippen LogP contribution is -2.40. The number of aromatic hydroxyl groups is 1. The summed E-state index contributed by atoms with van der Waals surface area (Å²) in [5.74, 6) is 0.276. The van der Waals surface area contributed by atoms with E-state index in [1.54, 1.807) is 12.1 Å². The van der Waals surface area contributed by atoms with Crippen LogP contribution in [0.4, 0.5) is 0 Å². The summed E-state index contributed by atoms with van der Waals surface area (Å²) in [6.07, 6.45) is 9.97. The first kappa shape index (κ1) is 31.2. The van der Waals surface area contributed by atoms with Crippen LogP contribution in [-0.2, 0) is 14.6 Å². The summed E-state index contributed by atoms with van der Waals surface area (Å²) in [5, 5.41) is 12.6. The summed E-state index contributed by atoms with van der Waals surface area (Å²) in [6.45, 7) is 4.26. The molecule has 0 aromatic heterocycles. The molecule has 6 nitrogen and oxygen atoms in total. The number of phenols is 1. The fourth-order valence-corrected chi connectivity index (χ4v) is 5.96. The Morgan fingerprint density at radius 3 is 1.90 bits per heavy atom. The lowest BCUT2D eigenvalue weighted by Gasteiger charge is -2.23. The molecular formula is C33H43NO5S. The second-order valence-electron chi connectivity index (χ2n) is 10.2. The van der Waals surface area contributed by atoms with Crippen molar-refractivity contribution >= 4 is 15.7 Å². The normalized spacial score (nSPS) is 12.9. The minimum atomic E-state index is -3.74. The summed E-state index contributed by atoms with van der Waals surface area (Å²) in [6, 6.07) is 21.4. The van der Waals surface area contributed by atoms with E-state index in [-0.39, 0.29) is 27.5 Å². The smallest absolute Gasteiger partial charge is 0.261 e. The number of carbonyl (C=O) groups is 1. The van der Waals surface area contributed by atoms with Gasteiger partial charge in [0.2, 0.25) is 9.84 Å². The van der Waals surface area contributed by atoms with Gasteiger partial charge in [-0.05, 0) is 73.4 Å². The number of phenolic OH excluding ortho intramolecular Hbond substituents is 1. The second-order valence-corrected chi connectivity index (χ2v) is 12.2. The average Bonchev–Trinajstić information content (AvgIpc) is 2.97. The number of amides is 1. The fraction of sp³-hybridized carbons (Fsp3) is 0.424. The van der Waals surface area contributed by atoms with Crippen LogP contribution in [0.25, 0.3) is 0 Å². The number of unbranched alkanes of at least 4 members (excludes halogenated alkanes) is 7. The van der Waals surface area contributed by atoms with Crippen molar-refractivity contribution in [1.82, 2.24) is 5.32 Å². The van der Waals surface area contributed by atoms with Gasteiger partial charge in [0.25, 0.3) is 5.91 Å². The van der Waals surface area contributed by atoms with E-state index in [9.17, 15) is 18.3 Å². The molecule has 3 aromatic carbocycles. The zero-order valence-electron chi connectivity index (χ0n) is 23.7. The Kier molecular flexibility index (Phi) is 12.5. The van der Waals surface area contributed by atoms with E-state index in [2.05, 4.69) is 12.2 Å². The summed E-state index contributed by atoms with van der Waals surface area (Å²) in [7, 11) is -3.74. The predicted octanol–water partition coefficient (Wildman–Crippen LogP) is 7.77. The van der Waals surface area contributed by atoms with Crippen LogP contribution in [0.3, 0.4) is 0 Å². The van der Waals surface area contributed by atoms with Crippen LogP contribution < -0.4 is 10.1 Å². The molecule has 1 amide bonds. The van der Waals surface area contributed by atoms with Crippen molar-refractivity contribution in [2.24, 2.45) is 0 Å². The summed E-state index contributed by atoms with van der Waals surface area (Å²) < 4.78 is 32.1. The average molecular weight is 566 g/mol. The molecular weight excluding hydrogens is 522 g/mol. The first-order chi connectivity index (χ1) is 19.3. The van der Waals surface area contributed by atoms with Crippen molar-refractivity contribution in [2.75, 3.05) is 0 Å². The maximum Gasteiger partial charge on any atom is 0.261 e. The van der Waals surface area contributed by atoms with E-state index < -0.39 is 15.9 Å². The highest BCUT2D eigenvalue weighted by molar-refractivity contribution is 7.91. The number of nitrogens with one attached hydrogen (secondary N) is 1. The van der Waals surface area contributed by atoms with E-state index in [1.165, 1.54) is 68.5 Å². The molecule has 40 heavy (non-hydrogen) atoms. The number of hydrogen-bond acceptors (Lipinski definition) is 5. The Morgan fingerprint density at radius 2 is 1.32 bits per heavy atom. The van der Waals surface area contributed by atoms with Gasteiger partial charge in [0, 0.05) is 0 Å². The van der Waals surface area contributed by atoms with Crippen molar-refractivity contribution in [3.05, 3.63) is 84.4 Å². The maximum absolute atomic E-state index is 13.4. The molecule has 0 heterocycles. The van der Waals surface area contributed by atoms with E-state index in [1.807, 2.05) is 37.3 Å². The Morgan fingerprint density at radius 1 is 0.775 bits per heavy atom. The minimum Gasteiger partial charge on any atom is -0.508 e. The zero-order chi connectivity index (χ0) is 28.8. The van der Waals surface area contributed by atoms with Gasteiger partial charge in [-0.15, -0.1) is 0 Å². The monoisotopic (exact) mass is 565 g/mol. The highest BCUT2D eigenvalue weighted by atomic mass is 32.2. The molecule has 0 saturated carbocycles. The molecule has 3 rings (SSSR count). The van der Waals surface area contributed by atoms with Gasteiger partial charge in [-0.3, -0.25) is 4.79 Å². The first-order valence-electron chi connectivity index (χ1n) is 14.5. The SMILES string of the molecule is CCCCCCCCCCC(Oc1ccc(S(=O)(=O)c2ccc(O)cc2)cc1)C(=O)NC(CC)c1ccccc1. The number of ether oxygens (including phenoxy) is 1. The zero-order valence-corrected chi connectivity index (χ0v) is 24.5. The molecule has 0 fully saturated rings. The maximum atomic E-state index is 13.4. The van der Waals surface area contributed by atoms with Crippen LogP contribution in [0.2, 0.25) is 0 Å². The fourth-order valence-electron chi connectivity index (χ4n) is 4.70. The van der Waals surface area contributed by atoms with Crippen LogP contribution in [0.1, 0.15) is 89.7 Å². The van der Waals surface area contributed by atoms with Crippen LogP contribution >= 0.6 is 0 Å². The van der Waals surface area contributed by atoms with Crippen molar-refractivity contribution in [2.45, 2.75) is 100.0 Å². The third kappa shape index (κ3) is 9.40. The quantitative estimate of drug-likeness (QED) is 0.163. The summed E-state index contributed by atoms with van der Waals surface area (Å²) in [4.78, 5) is 13.6. The van der Waals surface area contributed by atoms with Crippen LogP contribution in [0.5, 0.6) is 11.5 Å². The van der Waals surface area contributed by atoms with Crippen LogP contribution in [-0.4, -0.2) is 25.5 Å². The van der Waals surface area contributed by atoms with Crippen molar-refractivity contribution < 1.29 is 23.1 Å². The molecule has 2 unspecified atom stereocenters. The van der Waals surface area contributed by atoms with Crippen LogP contribution in [0.15, 0.2) is 88.7 Å². The topological polar surface area (TPSA) is 92.7 Å². The predicted molar refractivity (Wildman–Crippen MR) is 159 cm³/mol. The molecule has 216 valence electrons. The van der Waals surface area contributed by atoms with E-state index >= 15 is 0 Å². The Balaban J connectivity index is 1.68. The van der Waals surface area contributed by atoms with Crippen LogP contribution in [0, 0.1) is 0 Å². The van der Waals surface area contributed by atoms with Gasteiger partial charge in [0.15, 0.2) is 6.10 Å². The number of sulfone groups is 1. The Hall–Kier alpha value is -3.32.